The Hall–Kier alpha value is -2.37. The zero-order valence-corrected chi connectivity index (χ0v) is 13.8. The number of aliphatic hydroxyl groups excluding tert-OH is 1. The number of benzene rings is 2. The standard InChI is InChI=1S/C18H17ClN2O3/c1-18(13-7-9-14(19)10-8-13)16(23)21(17(24)20-18)11-15(22)12-5-3-2-4-6-12/h2-10,15,22H,11H2,1H3,(H,20,24)/t15-,18-/m0/s1. The molecule has 2 aromatic carbocycles. The number of amides is 3. The highest BCUT2D eigenvalue weighted by molar-refractivity contribution is 6.30. The van der Waals surface area contributed by atoms with Crippen LogP contribution in [0.5, 0.6) is 0 Å². The van der Waals surface area contributed by atoms with Crippen molar-refractivity contribution in [3.63, 3.8) is 0 Å². The summed E-state index contributed by atoms with van der Waals surface area (Å²) in [4.78, 5) is 26.1. The molecule has 124 valence electrons. The fourth-order valence-electron chi connectivity index (χ4n) is 2.80. The van der Waals surface area contributed by atoms with Crippen LogP contribution < -0.4 is 5.32 Å². The monoisotopic (exact) mass is 344 g/mol. The van der Waals surface area contributed by atoms with E-state index < -0.39 is 23.6 Å². The van der Waals surface area contributed by atoms with Gasteiger partial charge in [0.15, 0.2) is 0 Å². The van der Waals surface area contributed by atoms with E-state index in [-0.39, 0.29) is 6.54 Å². The molecule has 3 amide bonds. The van der Waals surface area contributed by atoms with Crippen LogP contribution >= 0.6 is 11.6 Å². The largest absolute Gasteiger partial charge is 0.387 e. The van der Waals surface area contributed by atoms with Gasteiger partial charge < -0.3 is 10.4 Å². The molecular weight excluding hydrogens is 328 g/mol. The average Bonchev–Trinajstić information content (AvgIpc) is 2.80. The summed E-state index contributed by atoms with van der Waals surface area (Å²) < 4.78 is 0. The van der Waals surface area contributed by atoms with E-state index >= 15 is 0 Å². The number of nitrogens with one attached hydrogen (secondary N) is 1. The van der Waals surface area contributed by atoms with Crippen molar-refractivity contribution in [2.75, 3.05) is 6.54 Å². The number of hydrogen-bond donors (Lipinski definition) is 2. The van der Waals surface area contributed by atoms with E-state index in [0.717, 1.165) is 4.90 Å². The lowest BCUT2D eigenvalue weighted by molar-refractivity contribution is -0.132. The molecule has 0 spiro atoms. The summed E-state index contributed by atoms with van der Waals surface area (Å²) in [6.45, 7) is 1.54. The molecule has 0 unspecified atom stereocenters. The predicted molar refractivity (Wildman–Crippen MR) is 90.5 cm³/mol. The summed E-state index contributed by atoms with van der Waals surface area (Å²) in [5.74, 6) is -0.398. The first-order chi connectivity index (χ1) is 11.4. The Morgan fingerprint density at radius 2 is 1.75 bits per heavy atom. The van der Waals surface area contributed by atoms with Crippen LogP contribution in [0.2, 0.25) is 5.02 Å². The fraction of sp³-hybridized carbons (Fsp3) is 0.222. The third-order valence-corrected chi connectivity index (χ3v) is 4.49. The van der Waals surface area contributed by atoms with Gasteiger partial charge in [0.25, 0.3) is 5.91 Å². The Kier molecular flexibility index (Phi) is 4.30. The number of carbonyl (C=O) groups is 2. The topological polar surface area (TPSA) is 69.6 Å². The molecule has 1 aliphatic rings. The Balaban J connectivity index is 1.82. The number of halogens is 1. The van der Waals surface area contributed by atoms with Crippen molar-refractivity contribution in [1.82, 2.24) is 10.2 Å². The van der Waals surface area contributed by atoms with Crippen molar-refractivity contribution >= 4 is 23.5 Å². The van der Waals surface area contributed by atoms with E-state index in [1.54, 1.807) is 55.5 Å². The quantitative estimate of drug-likeness (QED) is 0.838. The number of rotatable bonds is 4. The molecule has 1 fully saturated rings. The van der Waals surface area contributed by atoms with Crippen LogP contribution in [0.4, 0.5) is 4.79 Å². The van der Waals surface area contributed by atoms with Gasteiger partial charge in [0.1, 0.15) is 5.54 Å². The third kappa shape index (κ3) is 2.88. The van der Waals surface area contributed by atoms with E-state index in [4.69, 9.17) is 11.6 Å². The zero-order valence-electron chi connectivity index (χ0n) is 13.1. The zero-order chi connectivity index (χ0) is 17.3. The number of β-amino-alcohol motifs (C(OH)–C–C–N with tert-alkyl or cyclic N) is 1. The lowest BCUT2D eigenvalue weighted by Crippen LogP contribution is -2.41. The van der Waals surface area contributed by atoms with Gasteiger partial charge >= 0.3 is 6.03 Å². The second kappa shape index (κ2) is 6.26. The number of nitrogens with zero attached hydrogens (tertiary/aromatic N) is 1. The van der Waals surface area contributed by atoms with Crippen LogP contribution in [-0.2, 0) is 10.3 Å². The van der Waals surface area contributed by atoms with Crippen LogP contribution in [-0.4, -0.2) is 28.5 Å². The normalized spacial score (nSPS) is 21.7. The lowest BCUT2D eigenvalue weighted by atomic mass is 9.92. The van der Waals surface area contributed by atoms with Gasteiger partial charge in [-0.3, -0.25) is 9.69 Å². The molecule has 6 heteroatoms. The van der Waals surface area contributed by atoms with Crippen LogP contribution in [0.15, 0.2) is 54.6 Å². The van der Waals surface area contributed by atoms with Gasteiger partial charge in [0, 0.05) is 5.02 Å². The van der Waals surface area contributed by atoms with E-state index in [1.165, 1.54) is 0 Å². The Morgan fingerprint density at radius 1 is 1.12 bits per heavy atom. The lowest BCUT2D eigenvalue weighted by Gasteiger charge is -2.23. The van der Waals surface area contributed by atoms with Gasteiger partial charge in [-0.15, -0.1) is 0 Å². The van der Waals surface area contributed by atoms with Crippen molar-refractivity contribution in [2.24, 2.45) is 0 Å². The van der Waals surface area contributed by atoms with Gasteiger partial charge in [-0.05, 0) is 30.2 Å². The van der Waals surface area contributed by atoms with Gasteiger partial charge in [-0.1, -0.05) is 54.1 Å². The second-order valence-corrected chi connectivity index (χ2v) is 6.34. The molecule has 1 saturated heterocycles. The highest BCUT2D eigenvalue weighted by Gasteiger charge is 2.49. The number of urea groups is 1. The summed E-state index contributed by atoms with van der Waals surface area (Å²) in [5, 5.41) is 13.6. The number of imide groups is 1. The maximum Gasteiger partial charge on any atom is 0.325 e. The molecule has 2 atom stereocenters. The molecule has 24 heavy (non-hydrogen) atoms. The van der Waals surface area contributed by atoms with E-state index in [0.29, 0.717) is 16.1 Å². The summed E-state index contributed by atoms with van der Waals surface area (Å²) in [6.07, 6.45) is -0.937. The second-order valence-electron chi connectivity index (χ2n) is 5.90. The number of aliphatic hydroxyl groups is 1. The smallest absolute Gasteiger partial charge is 0.325 e. The minimum atomic E-state index is -1.17. The number of carbonyl (C=O) groups excluding carboxylic acids is 2. The maximum atomic E-state index is 12.8. The average molecular weight is 345 g/mol. The summed E-state index contributed by atoms with van der Waals surface area (Å²) in [7, 11) is 0. The molecule has 0 saturated carbocycles. The third-order valence-electron chi connectivity index (χ3n) is 4.24. The Bertz CT molecular complexity index is 764. The molecule has 2 aromatic rings. The molecule has 0 aromatic heterocycles. The van der Waals surface area contributed by atoms with E-state index in [9.17, 15) is 14.7 Å². The van der Waals surface area contributed by atoms with E-state index in [2.05, 4.69) is 5.32 Å². The van der Waals surface area contributed by atoms with Gasteiger partial charge in [0.2, 0.25) is 0 Å². The molecule has 0 bridgehead atoms. The van der Waals surface area contributed by atoms with Crippen molar-refractivity contribution in [1.29, 1.82) is 0 Å². The molecular formula is C18H17ClN2O3. The molecule has 3 rings (SSSR count). The van der Waals surface area contributed by atoms with Crippen molar-refractivity contribution in [2.45, 2.75) is 18.6 Å². The molecule has 2 N–H and O–H groups in total. The van der Waals surface area contributed by atoms with Gasteiger partial charge in [0.05, 0.1) is 12.6 Å². The number of hydrogen-bond acceptors (Lipinski definition) is 3. The first kappa shape index (κ1) is 16.5. The Labute approximate surface area is 144 Å². The Morgan fingerprint density at radius 3 is 2.38 bits per heavy atom. The summed E-state index contributed by atoms with van der Waals surface area (Å²) in [6, 6.07) is 15.2. The van der Waals surface area contributed by atoms with Crippen molar-refractivity contribution in [3.05, 3.63) is 70.7 Å². The van der Waals surface area contributed by atoms with Gasteiger partial charge in [-0.2, -0.15) is 0 Å². The highest BCUT2D eigenvalue weighted by Crippen LogP contribution is 2.30. The summed E-state index contributed by atoms with van der Waals surface area (Å²) >= 11 is 5.88. The molecule has 5 nitrogen and oxygen atoms in total. The molecule has 0 aliphatic carbocycles. The minimum absolute atomic E-state index is 0.0993. The first-order valence-corrected chi connectivity index (χ1v) is 7.93. The first-order valence-electron chi connectivity index (χ1n) is 7.55. The van der Waals surface area contributed by atoms with Crippen LogP contribution in [0.3, 0.4) is 0 Å². The molecule has 0 radical (unpaired) electrons. The van der Waals surface area contributed by atoms with Gasteiger partial charge in [-0.25, -0.2) is 4.79 Å². The predicted octanol–water partition coefficient (Wildman–Crippen LogP) is 2.84. The molecule has 1 aliphatic heterocycles. The van der Waals surface area contributed by atoms with Crippen LogP contribution in [0, 0.1) is 0 Å². The van der Waals surface area contributed by atoms with Crippen LogP contribution in [0.1, 0.15) is 24.2 Å². The minimum Gasteiger partial charge on any atom is -0.387 e. The fourth-order valence-corrected chi connectivity index (χ4v) is 2.92. The van der Waals surface area contributed by atoms with Crippen molar-refractivity contribution in [3.8, 4) is 0 Å². The van der Waals surface area contributed by atoms with E-state index in [1.807, 2.05) is 6.07 Å². The molecule has 1 heterocycles. The maximum absolute atomic E-state index is 12.8. The van der Waals surface area contributed by atoms with Crippen LogP contribution in [0.25, 0.3) is 0 Å². The summed E-state index contributed by atoms with van der Waals surface area (Å²) in [5.41, 5.74) is 0.123. The highest BCUT2D eigenvalue weighted by atomic mass is 35.5. The SMILES string of the molecule is C[C@@]1(c2ccc(Cl)cc2)NC(=O)N(C[C@H](O)c2ccccc2)C1=O. The van der Waals surface area contributed by atoms with Crippen molar-refractivity contribution < 1.29 is 14.7 Å².